The molecule has 0 aliphatic carbocycles. The lowest BCUT2D eigenvalue weighted by Gasteiger charge is -2.12. The first-order valence-corrected chi connectivity index (χ1v) is 5.99. The van der Waals surface area contributed by atoms with Crippen molar-refractivity contribution in [3.63, 3.8) is 0 Å². The molecule has 0 aliphatic rings. The summed E-state index contributed by atoms with van der Waals surface area (Å²) in [6.07, 6.45) is 1.05. The van der Waals surface area contributed by atoms with Crippen molar-refractivity contribution in [2.45, 2.75) is 33.1 Å². The molecule has 0 radical (unpaired) electrons. The van der Waals surface area contributed by atoms with E-state index in [0.717, 1.165) is 23.2 Å². The molecule has 0 saturated carbocycles. The summed E-state index contributed by atoms with van der Waals surface area (Å²) in [4.78, 5) is 22.2. The number of rotatable bonds is 5. The molecule has 0 fully saturated rings. The summed E-state index contributed by atoms with van der Waals surface area (Å²) in [5, 5.41) is 2.35. The van der Waals surface area contributed by atoms with Crippen LogP contribution in [0.4, 0.5) is 5.69 Å². The van der Waals surface area contributed by atoms with Gasteiger partial charge in [0.2, 0.25) is 11.1 Å². The minimum Gasteiger partial charge on any atom is -0.326 e. The summed E-state index contributed by atoms with van der Waals surface area (Å²) in [7, 11) is 0. The molecule has 3 nitrogen and oxygen atoms in total. The van der Waals surface area contributed by atoms with Gasteiger partial charge in [-0.15, -0.1) is 0 Å². The van der Waals surface area contributed by atoms with Crippen molar-refractivity contribution in [1.29, 1.82) is 0 Å². The molecular formula is C13H16ClNO2. The van der Waals surface area contributed by atoms with Crippen LogP contribution in [0.3, 0.4) is 0 Å². The molecule has 0 aromatic heterocycles. The molecule has 0 heterocycles. The van der Waals surface area contributed by atoms with Crippen molar-refractivity contribution in [3.05, 3.63) is 29.3 Å². The number of para-hydroxylation sites is 1. The van der Waals surface area contributed by atoms with E-state index >= 15 is 0 Å². The molecule has 1 rings (SSSR count). The highest BCUT2D eigenvalue weighted by molar-refractivity contribution is 6.63. The number of carbonyl (C=O) groups is 2. The Morgan fingerprint density at radius 3 is 2.59 bits per heavy atom. The van der Waals surface area contributed by atoms with Gasteiger partial charge in [0.1, 0.15) is 0 Å². The number of hydrogen-bond acceptors (Lipinski definition) is 2. The van der Waals surface area contributed by atoms with E-state index in [1.807, 2.05) is 32.0 Å². The lowest BCUT2D eigenvalue weighted by molar-refractivity contribution is -0.119. The summed E-state index contributed by atoms with van der Waals surface area (Å²) in [6, 6.07) is 5.89. The van der Waals surface area contributed by atoms with Gasteiger partial charge in [-0.1, -0.05) is 25.1 Å². The van der Waals surface area contributed by atoms with Crippen LogP contribution in [0.15, 0.2) is 18.2 Å². The van der Waals surface area contributed by atoms with Crippen molar-refractivity contribution < 1.29 is 9.59 Å². The minimum absolute atomic E-state index is 0.0702. The monoisotopic (exact) mass is 253 g/mol. The molecule has 92 valence electrons. The minimum atomic E-state index is -0.486. The number of carbonyl (C=O) groups excluding carboxylic acids is 2. The van der Waals surface area contributed by atoms with E-state index < -0.39 is 5.24 Å². The van der Waals surface area contributed by atoms with Gasteiger partial charge < -0.3 is 5.32 Å². The smallest absolute Gasteiger partial charge is 0.224 e. The van der Waals surface area contributed by atoms with Crippen molar-refractivity contribution in [2.75, 3.05) is 5.32 Å². The fourth-order valence-electron chi connectivity index (χ4n) is 1.62. The van der Waals surface area contributed by atoms with Gasteiger partial charge in [-0.2, -0.15) is 0 Å². The van der Waals surface area contributed by atoms with Gasteiger partial charge in [0, 0.05) is 18.5 Å². The second kappa shape index (κ2) is 6.40. The Kier molecular flexibility index (Phi) is 5.16. The number of benzene rings is 1. The van der Waals surface area contributed by atoms with Crippen LogP contribution in [0.1, 0.15) is 30.9 Å². The van der Waals surface area contributed by atoms with E-state index in [0.29, 0.717) is 0 Å². The van der Waals surface area contributed by atoms with E-state index in [4.69, 9.17) is 11.6 Å². The van der Waals surface area contributed by atoms with Gasteiger partial charge >= 0.3 is 0 Å². The van der Waals surface area contributed by atoms with Gasteiger partial charge in [0.05, 0.1) is 0 Å². The van der Waals surface area contributed by atoms with Crippen molar-refractivity contribution >= 4 is 28.4 Å². The number of hydrogen-bond donors (Lipinski definition) is 1. The standard InChI is InChI=1S/C13H16ClNO2/c1-3-10-6-4-5-9(2)13(10)15-12(17)8-7-11(14)16/h4-6H,3,7-8H2,1-2H3,(H,15,17). The van der Waals surface area contributed by atoms with Crippen LogP contribution in [0, 0.1) is 6.92 Å². The van der Waals surface area contributed by atoms with E-state index in [9.17, 15) is 9.59 Å². The summed E-state index contributed by atoms with van der Waals surface area (Å²) in [6.45, 7) is 3.98. The first kappa shape index (κ1) is 13.7. The van der Waals surface area contributed by atoms with Crippen LogP contribution in [0.5, 0.6) is 0 Å². The fraction of sp³-hybridized carbons (Fsp3) is 0.385. The third-order valence-electron chi connectivity index (χ3n) is 2.55. The van der Waals surface area contributed by atoms with Gasteiger partial charge in [-0.05, 0) is 36.1 Å². The third kappa shape index (κ3) is 4.19. The second-order valence-corrected chi connectivity index (χ2v) is 4.29. The van der Waals surface area contributed by atoms with E-state index in [2.05, 4.69) is 5.32 Å². The highest BCUT2D eigenvalue weighted by atomic mass is 35.5. The summed E-state index contributed by atoms with van der Waals surface area (Å²) in [5.41, 5.74) is 2.97. The van der Waals surface area contributed by atoms with Crippen LogP contribution in [0.2, 0.25) is 0 Å². The lowest BCUT2D eigenvalue weighted by Crippen LogP contribution is -2.14. The second-order valence-electron chi connectivity index (χ2n) is 3.87. The van der Waals surface area contributed by atoms with Crippen LogP contribution >= 0.6 is 11.6 Å². The Morgan fingerprint density at radius 2 is 2.00 bits per heavy atom. The van der Waals surface area contributed by atoms with E-state index in [1.165, 1.54) is 0 Å². The van der Waals surface area contributed by atoms with E-state index in [-0.39, 0.29) is 18.7 Å². The van der Waals surface area contributed by atoms with Crippen LogP contribution < -0.4 is 5.32 Å². The largest absolute Gasteiger partial charge is 0.326 e. The predicted molar refractivity (Wildman–Crippen MR) is 69.3 cm³/mol. The fourth-order valence-corrected chi connectivity index (χ4v) is 1.71. The maximum atomic E-state index is 11.6. The molecule has 0 saturated heterocycles. The van der Waals surface area contributed by atoms with Gasteiger partial charge in [0.15, 0.2) is 0 Å². The maximum absolute atomic E-state index is 11.6. The Hall–Kier alpha value is -1.35. The number of aryl methyl sites for hydroxylation is 2. The predicted octanol–water partition coefficient (Wildman–Crippen LogP) is 3.04. The first-order chi connectivity index (χ1) is 8.04. The average molecular weight is 254 g/mol. The zero-order chi connectivity index (χ0) is 12.8. The average Bonchev–Trinajstić information content (AvgIpc) is 2.29. The molecule has 0 spiro atoms. The van der Waals surface area contributed by atoms with E-state index in [1.54, 1.807) is 0 Å². The Morgan fingerprint density at radius 1 is 1.29 bits per heavy atom. The number of halogens is 1. The Bertz CT molecular complexity index is 429. The van der Waals surface area contributed by atoms with Crippen LogP contribution in [-0.2, 0) is 16.0 Å². The first-order valence-electron chi connectivity index (χ1n) is 5.61. The van der Waals surface area contributed by atoms with Crippen LogP contribution in [-0.4, -0.2) is 11.1 Å². The zero-order valence-electron chi connectivity index (χ0n) is 10.0. The number of amides is 1. The van der Waals surface area contributed by atoms with Gasteiger partial charge in [-0.3, -0.25) is 9.59 Å². The van der Waals surface area contributed by atoms with Crippen molar-refractivity contribution in [2.24, 2.45) is 0 Å². The molecule has 1 N–H and O–H groups in total. The topological polar surface area (TPSA) is 46.2 Å². The molecule has 0 bridgehead atoms. The quantitative estimate of drug-likeness (QED) is 0.820. The van der Waals surface area contributed by atoms with Crippen molar-refractivity contribution in [1.82, 2.24) is 0 Å². The summed E-state index contributed by atoms with van der Waals surface area (Å²) >= 11 is 5.20. The number of nitrogens with one attached hydrogen (secondary N) is 1. The Balaban J connectivity index is 2.73. The molecule has 0 aliphatic heterocycles. The molecule has 4 heteroatoms. The molecule has 1 amide bonds. The zero-order valence-corrected chi connectivity index (χ0v) is 10.8. The highest BCUT2D eigenvalue weighted by Gasteiger charge is 2.09. The summed E-state index contributed by atoms with van der Waals surface area (Å²) < 4.78 is 0. The third-order valence-corrected chi connectivity index (χ3v) is 2.74. The molecule has 0 unspecified atom stereocenters. The molecular weight excluding hydrogens is 238 g/mol. The molecule has 1 aromatic rings. The maximum Gasteiger partial charge on any atom is 0.224 e. The van der Waals surface area contributed by atoms with Gasteiger partial charge in [0.25, 0.3) is 0 Å². The van der Waals surface area contributed by atoms with Crippen LogP contribution in [0.25, 0.3) is 0 Å². The SMILES string of the molecule is CCc1cccc(C)c1NC(=O)CCC(=O)Cl. The number of anilines is 1. The lowest BCUT2D eigenvalue weighted by atomic mass is 10.1. The Labute approximate surface area is 106 Å². The summed E-state index contributed by atoms with van der Waals surface area (Å²) in [5.74, 6) is -0.178. The molecule has 0 atom stereocenters. The molecule has 17 heavy (non-hydrogen) atoms. The highest BCUT2D eigenvalue weighted by Crippen LogP contribution is 2.21. The van der Waals surface area contributed by atoms with Gasteiger partial charge in [-0.25, -0.2) is 0 Å². The van der Waals surface area contributed by atoms with Crippen molar-refractivity contribution in [3.8, 4) is 0 Å². The normalized spacial score (nSPS) is 10.1. The molecule has 1 aromatic carbocycles.